The molecule has 0 bridgehead atoms. The lowest BCUT2D eigenvalue weighted by Gasteiger charge is -2.43. The van der Waals surface area contributed by atoms with Crippen molar-refractivity contribution in [2.75, 3.05) is 12.3 Å². The molecule has 5 aromatic rings. The Balaban J connectivity index is 1.57. The molecule has 0 saturated heterocycles. The van der Waals surface area contributed by atoms with Crippen LogP contribution in [-0.2, 0) is 0 Å². The van der Waals surface area contributed by atoms with E-state index in [9.17, 15) is 4.79 Å². The average molecular weight is 481 g/mol. The molecule has 1 aliphatic rings. The lowest BCUT2D eigenvalue weighted by Crippen LogP contribution is -2.49. The van der Waals surface area contributed by atoms with Crippen LogP contribution < -0.4 is 21.8 Å². The molecule has 4 N–H and O–H groups in total. The van der Waals surface area contributed by atoms with E-state index in [1.807, 2.05) is 55.5 Å². The number of ether oxygens (including phenoxy) is 1. The molecule has 36 heavy (non-hydrogen) atoms. The molecule has 1 saturated carbocycles. The highest BCUT2D eigenvalue weighted by Crippen LogP contribution is 2.44. The number of anilines is 1. The fourth-order valence-corrected chi connectivity index (χ4v) is 5.35. The Morgan fingerprint density at radius 3 is 2.58 bits per heavy atom. The van der Waals surface area contributed by atoms with Crippen molar-refractivity contribution in [2.45, 2.75) is 38.3 Å². The van der Waals surface area contributed by atoms with Crippen LogP contribution in [0.3, 0.4) is 0 Å². The fourth-order valence-electron chi connectivity index (χ4n) is 5.35. The summed E-state index contributed by atoms with van der Waals surface area (Å²) in [7, 11) is 0. The molecule has 1 aliphatic carbocycles. The Kier molecular flexibility index (Phi) is 5.08. The van der Waals surface area contributed by atoms with E-state index in [4.69, 9.17) is 16.2 Å². The molecule has 182 valence electrons. The van der Waals surface area contributed by atoms with Crippen LogP contribution in [0.1, 0.15) is 32.7 Å². The van der Waals surface area contributed by atoms with Gasteiger partial charge in [0.25, 0.3) is 5.56 Å². The zero-order valence-electron chi connectivity index (χ0n) is 20.3. The Labute approximate surface area is 208 Å². The van der Waals surface area contributed by atoms with Crippen molar-refractivity contribution < 1.29 is 4.74 Å². The molecule has 0 amide bonds. The molecule has 2 aromatic carbocycles. The van der Waals surface area contributed by atoms with E-state index in [1.54, 1.807) is 10.8 Å². The lowest BCUT2D eigenvalue weighted by atomic mass is 9.75. The Morgan fingerprint density at radius 1 is 1.08 bits per heavy atom. The third kappa shape index (κ3) is 3.53. The van der Waals surface area contributed by atoms with Crippen LogP contribution in [0.4, 0.5) is 5.82 Å². The molecule has 0 spiro atoms. The normalized spacial score (nSPS) is 19.5. The van der Waals surface area contributed by atoms with Gasteiger partial charge in [-0.05, 0) is 56.5 Å². The highest BCUT2D eigenvalue weighted by atomic mass is 16.5. The zero-order chi connectivity index (χ0) is 25.0. The van der Waals surface area contributed by atoms with E-state index >= 15 is 0 Å². The van der Waals surface area contributed by atoms with Gasteiger partial charge in [-0.15, -0.1) is 0 Å². The maximum atomic E-state index is 13.7. The van der Waals surface area contributed by atoms with E-state index < -0.39 is 0 Å². The predicted molar refractivity (Wildman–Crippen MR) is 143 cm³/mol. The highest BCUT2D eigenvalue weighted by Gasteiger charge is 2.39. The SMILES string of the molecule is CCOc1cn(-c2ccccc2)c(=O)c2cc(-c3cn(C4CC(C)(N)C4)c4ncnc(N)c34)ccc12. The van der Waals surface area contributed by atoms with Crippen molar-refractivity contribution in [3.63, 3.8) is 0 Å². The third-order valence-corrected chi connectivity index (χ3v) is 7.06. The summed E-state index contributed by atoms with van der Waals surface area (Å²) in [6, 6.07) is 15.6. The number of nitrogen functional groups attached to an aromatic ring is 1. The summed E-state index contributed by atoms with van der Waals surface area (Å²) < 4.78 is 9.72. The summed E-state index contributed by atoms with van der Waals surface area (Å²) in [6.07, 6.45) is 7.04. The summed E-state index contributed by atoms with van der Waals surface area (Å²) in [5.41, 5.74) is 15.7. The van der Waals surface area contributed by atoms with Crippen molar-refractivity contribution >= 4 is 27.6 Å². The molecule has 8 nitrogen and oxygen atoms in total. The maximum absolute atomic E-state index is 13.7. The van der Waals surface area contributed by atoms with E-state index in [2.05, 4.69) is 27.7 Å². The van der Waals surface area contributed by atoms with Gasteiger partial charge in [-0.3, -0.25) is 9.36 Å². The number of nitrogens with two attached hydrogens (primary N) is 2. The molecule has 0 radical (unpaired) electrons. The number of aromatic nitrogens is 4. The van der Waals surface area contributed by atoms with Gasteiger partial charge in [-0.2, -0.15) is 0 Å². The van der Waals surface area contributed by atoms with Gasteiger partial charge < -0.3 is 20.8 Å². The van der Waals surface area contributed by atoms with Crippen LogP contribution in [0.15, 0.2) is 72.0 Å². The Bertz CT molecular complexity index is 1660. The number of hydrogen-bond donors (Lipinski definition) is 2. The number of benzene rings is 2. The summed E-state index contributed by atoms with van der Waals surface area (Å²) in [6.45, 7) is 4.49. The number of nitrogens with zero attached hydrogens (tertiary/aromatic N) is 4. The highest BCUT2D eigenvalue weighted by molar-refractivity contribution is 6.02. The molecule has 0 aliphatic heterocycles. The number of pyridine rings is 1. The molecule has 0 unspecified atom stereocenters. The third-order valence-electron chi connectivity index (χ3n) is 7.06. The maximum Gasteiger partial charge on any atom is 0.263 e. The average Bonchev–Trinajstić information content (AvgIpc) is 3.25. The van der Waals surface area contributed by atoms with Crippen molar-refractivity contribution in [3.05, 3.63) is 77.6 Å². The molecule has 0 atom stereocenters. The fraction of sp³-hybridized carbons (Fsp3) is 0.250. The van der Waals surface area contributed by atoms with Crippen molar-refractivity contribution in [1.29, 1.82) is 0 Å². The summed E-state index contributed by atoms with van der Waals surface area (Å²) in [4.78, 5) is 22.5. The predicted octanol–water partition coefficient (Wildman–Crippen LogP) is 4.44. The quantitative estimate of drug-likeness (QED) is 0.385. The van der Waals surface area contributed by atoms with Gasteiger partial charge in [-0.1, -0.05) is 24.3 Å². The van der Waals surface area contributed by atoms with Crippen LogP contribution in [0, 0.1) is 0 Å². The minimum Gasteiger partial charge on any atom is -0.492 e. The Hall–Kier alpha value is -4.17. The van der Waals surface area contributed by atoms with Crippen LogP contribution >= 0.6 is 0 Å². The topological polar surface area (TPSA) is 114 Å². The molecule has 3 aromatic heterocycles. The number of rotatable bonds is 5. The molecular formula is C28H28N6O2. The first kappa shape index (κ1) is 22.3. The van der Waals surface area contributed by atoms with Gasteiger partial charge in [-0.25, -0.2) is 9.97 Å². The zero-order valence-corrected chi connectivity index (χ0v) is 20.3. The van der Waals surface area contributed by atoms with Gasteiger partial charge in [0.05, 0.1) is 23.6 Å². The summed E-state index contributed by atoms with van der Waals surface area (Å²) in [5, 5.41) is 2.12. The Morgan fingerprint density at radius 2 is 1.86 bits per heavy atom. The van der Waals surface area contributed by atoms with Gasteiger partial charge in [0.1, 0.15) is 23.5 Å². The van der Waals surface area contributed by atoms with Gasteiger partial charge in [0.15, 0.2) is 0 Å². The second-order valence-electron chi connectivity index (χ2n) is 9.82. The van der Waals surface area contributed by atoms with Crippen LogP contribution in [0.5, 0.6) is 5.75 Å². The van der Waals surface area contributed by atoms with Crippen molar-refractivity contribution in [1.82, 2.24) is 19.1 Å². The summed E-state index contributed by atoms with van der Waals surface area (Å²) >= 11 is 0. The van der Waals surface area contributed by atoms with Crippen LogP contribution in [0.25, 0.3) is 38.6 Å². The standard InChI is InChI=1S/C28H28N6O2/c1-3-36-23-15-34(18-7-5-4-6-8-18)27(35)21-11-17(9-10-20(21)23)22-14-33(19-12-28(2,30)13-19)26-24(22)25(29)31-16-32-26/h4-11,14-16,19H,3,12-13,30H2,1-2H3,(H2,29,31,32). The van der Waals surface area contributed by atoms with E-state index in [0.717, 1.165) is 46.1 Å². The first-order valence-corrected chi connectivity index (χ1v) is 12.1. The minimum absolute atomic E-state index is 0.118. The van der Waals surface area contributed by atoms with Crippen LogP contribution in [0.2, 0.25) is 0 Å². The molecule has 8 heteroatoms. The largest absolute Gasteiger partial charge is 0.492 e. The van der Waals surface area contributed by atoms with Crippen LogP contribution in [-0.4, -0.2) is 31.2 Å². The summed E-state index contributed by atoms with van der Waals surface area (Å²) in [5.74, 6) is 1.07. The van der Waals surface area contributed by atoms with Gasteiger partial charge in [0, 0.05) is 34.4 Å². The lowest BCUT2D eigenvalue weighted by molar-refractivity contribution is 0.176. The molecule has 1 fully saturated rings. The van der Waals surface area contributed by atoms with Gasteiger partial charge in [0.2, 0.25) is 0 Å². The first-order valence-electron chi connectivity index (χ1n) is 12.1. The second kappa shape index (κ2) is 8.20. The van der Waals surface area contributed by atoms with Crippen molar-refractivity contribution in [3.8, 4) is 22.6 Å². The van der Waals surface area contributed by atoms with E-state index in [-0.39, 0.29) is 17.1 Å². The minimum atomic E-state index is -0.179. The number of hydrogen-bond acceptors (Lipinski definition) is 6. The smallest absolute Gasteiger partial charge is 0.263 e. The molecule has 6 rings (SSSR count). The number of fused-ring (bicyclic) bond motifs is 2. The van der Waals surface area contributed by atoms with E-state index in [1.165, 1.54) is 6.33 Å². The second-order valence-corrected chi connectivity index (χ2v) is 9.82. The monoisotopic (exact) mass is 480 g/mol. The molecule has 3 heterocycles. The van der Waals surface area contributed by atoms with E-state index in [0.29, 0.717) is 23.6 Å². The number of para-hydroxylation sites is 1. The van der Waals surface area contributed by atoms with Crippen molar-refractivity contribution in [2.24, 2.45) is 5.73 Å². The first-order chi connectivity index (χ1) is 17.4. The molecular weight excluding hydrogens is 452 g/mol. The van der Waals surface area contributed by atoms with Gasteiger partial charge >= 0.3 is 0 Å².